The first-order valence-corrected chi connectivity index (χ1v) is 18.2. The highest BCUT2D eigenvalue weighted by molar-refractivity contribution is 5.90. The third-order valence-corrected chi connectivity index (χ3v) is 8.22. The third-order valence-electron chi connectivity index (χ3n) is 8.22. The number of allylic oxidation sites excluding steroid dienone is 12. The molecule has 4 rings (SSSR count). The lowest BCUT2D eigenvalue weighted by molar-refractivity contribution is -0.137. The molecule has 2 aliphatic heterocycles. The topological polar surface area (TPSA) is 92.7 Å². The van der Waals surface area contributed by atoms with Crippen molar-refractivity contribution >= 4 is 23.5 Å². The molecule has 0 aliphatic carbocycles. The van der Waals surface area contributed by atoms with Crippen molar-refractivity contribution in [3.63, 3.8) is 0 Å². The van der Waals surface area contributed by atoms with Crippen LogP contribution in [0.3, 0.4) is 0 Å². The van der Waals surface area contributed by atoms with E-state index in [-0.39, 0.29) is 23.5 Å². The Bertz CT molecular complexity index is 1540. The highest BCUT2D eigenvalue weighted by atomic mass is 19.4. The zero-order valence-corrected chi connectivity index (χ0v) is 30.1. The Morgan fingerprint density at radius 3 is 1.81 bits per heavy atom. The number of ether oxygens (including phenoxy) is 2. The van der Waals surface area contributed by atoms with Gasteiger partial charge >= 0.3 is 6.18 Å². The highest BCUT2D eigenvalue weighted by Crippen LogP contribution is 2.38. The van der Waals surface area contributed by atoms with Crippen molar-refractivity contribution in [1.82, 2.24) is 15.0 Å². The molecule has 1 amide bonds. The average Bonchev–Trinajstić information content (AvgIpc) is 3.16. The number of anilines is 3. The van der Waals surface area contributed by atoms with Crippen LogP contribution in [0.5, 0.6) is 0 Å². The van der Waals surface area contributed by atoms with Crippen LogP contribution in [0.4, 0.5) is 30.8 Å². The molecule has 280 valence electrons. The first-order valence-electron chi connectivity index (χ1n) is 18.2. The summed E-state index contributed by atoms with van der Waals surface area (Å²) in [6.07, 6.45) is 27.8. The molecular weight excluding hydrogens is 669 g/mol. The van der Waals surface area contributed by atoms with Gasteiger partial charge in [0.2, 0.25) is 11.9 Å². The zero-order chi connectivity index (χ0) is 36.9. The minimum absolute atomic E-state index is 0.105. The van der Waals surface area contributed by atoms with Crippen LogP contribution in [-0.2, 0) is 20.4 Å². The number of hydrogen-bond donors (Lipinski definition) is 1. The summed E-state index contributed by atoms with van der Waals surface area (Å²) in [5.74, 6) is 0.274. The summed E-state index contributed by atoms with van der Waals surface area (Å²) < 4.78 is 54.2. The van der Waals surface area contributed by atoms with Crippen LogP contribution in [0.15, 0.2) is 91.2 Å². The Balaban J connectivity index is 1.26. The molecule has 12 heteroatoms. The van der Waals surface area contributed by atoms with Crippen LogP contribution in [0.2, 0.25) is 0 Å². The fraction of sp³-hybridized carbons (Fsp3) is 0.450. The average molecular weight is 721 g/mol. The number of amides is 1. The molecule has 0 bridgehead atoms. The molecule has 4 heterocycles. The van der Waals surface area contributed by atoms with E-state index in [1.54, 1.807) is 6.07 Å². The molecule has 0 atom stereocenters. The first kappa shape index (κ1) is 40.2. The van der Waals surface area contributed by atoms with Crippen molar-refractivity contribution in [2.24, 2.45) is 0 Å². The van der Waals surface area contributed by atoms with Crippen molar-refractivity contribution in [1.29, 1.82) is 0 Å². The van der Waals surface area contributed by atoms with Gasteiger partial charge in [0.15, 0.2) is 0 Å². The second-order valence-corrected chi connectivity index (χ2v) is 12.2. The molecule has 0 spiro atoms. The van der Waals surface area contributed by atoms with Crippen LogP contribution < -0.4 is 15.1 Å². The van der Waals surface area contributed by atoms with Crippen LogP contribution in [0, 0.1) is 0 Å². The second-order valence-electron chi connectivity index (χ2n) is 12.2. The number of morpholine rings is 2. The number of alkyl halides is 3. The molecule has 2 aromatic heterocycles. The van der Waals surface area contributed by atoms with Gasteiger partial charge in [-0.2, -0.15) is 18.2 Å². The minimum Gasteiger partial charge on any atom is -0.378 e. The van der Waals surface area contributed by atoms with Crippen molar-refractivity contribution in [2.75, 3.05) is 67.7 Å². The van der Waals surface area contributed by atoms with Crippen molar-refractivity contribution in [3.05, 3.63) is 96.8 Å². The third kappa shape index (κ3) is 14.2. The summed E-state index contributed by atoms with van der Waals surface area (Å²) in [5.41, 5.74) is -1.02. The molecule has 52 heavy (non-hydrogen) atoms. The number of nitrogens with zero attached hydrogens (tertiary/aromatic N) is 5. The van der Waals surface area contributed by atoms with Gasteiger partial charge in [-0.3, -0.25) is 4.79 Å². The molecule has 0 radical (unpaired) electrons. The maximum atomic E-state index is 14.4. The van der Waals surface area contributed by atoms with Crippen molar-refractivity contribution in [2.45, 2.75) is 64.5 Å². The molecule has 2 saturated heterocycles. The van der Waals surface area contributed by atoms with Crippen LogP contribution >= 0.6 is 0 Å². The van der Waals surface area contributed by atoms with E-state index in [9.17, 15) is 18.0 Å². The van der Waals surface area contributed by atoms with E-state index in [1.165, 1.54) is 0 Å². The number of halogens is 3. The maximum Gasteiger partial charge on any atom is 0.417 e. The van der Waals surface area contributed by atoms with Gasteiger partial charge in [0.05, 0.1) is 37.7 Å². The Labute approximate surface area is 305 Å². The molecule has 2 aromatic rings. The normalized spacial score (nSPS) is 16.2. The predicted molar refractivity (Wildman–Crippen MR) is 202 cm³/mol. The number of carbonyl (C=O) groups excluding carboxylic acids is 1. The largest absolute Gasteiger partial charge is 0.417 e. The molecular formula is C40H51F3N6O3. The lowest BCUT2D eigenvalue weighted by Gasteiger charge is -2.31. The highest BCUT2D eigenvalue weighted by Gasteiger charge is 2.35. The van der Waals surface area contributed by atoms with Crippen LogP contribution in [0.25, 0.3) is 11.3 Å². The van der Waals surface area contributed by atoms with Gasteiger partial charge in [-0.05, 0) is 51.0 Å². The lowest BCUT2D eigenvalue weighted by atomic mass is 10.1. The molecule has 0 unspecified atom stereocenters. The standard InChI is InChI=1S/C40H51F3N6O3/c1-2-3-4-5-6-7-8-9-10-11-12-13-14-15-16-17-18-19-20-21-38(50)46-36-30-34(40(41,42)43)33(32-44-36)35-31-37(48-22-26-51-27-23-48)47-39(45-35)49-24-28-52-29-25-49/h3-4,6-7,9-10,12-13,15-16,18-19,30-32H,2,5,8,11,14,17,20-29H2,1H3,(H,44,46,50). The first-order chi connectivity index (χ1) is 25.3. The number of rotatable bonds is 18. The predicted octanol–water partition coefficient (Wildman–Crippen LogP) is 8.65. The smallest absolute Gasteiger partial charge is 0.378 e. The van der Waals surface area contributed by atoms with E-state index in [1.807, 2.05) is 22.0 Å². The summed E-state index contributed by atoms with van der Waals surface area (Å²) >= 11 is 0. The summed E-state index contributed by atoms with van der Waals surface area (Å²) in [7, 11) is 0. The summed E-state index contributed by atoms with van der Waals surface area (Å²) in [6.45, 7) is 6.26. The van der Waals surface area contributed by atoms with Crippen LogP contribution in [-0.4, -0.2) is 73.5 Å². The Morgan fingerprint density at radius 1 is 0.750 bits per heavy atom. The van der Waals surface area contributed by atoms with E-state index in [2.05, 4.69) is 83.0 Å². The summed E-state index contributed by atoms with van der Waals surface area (Å²) in [5, 5.41) is 2.53. The number of carbonyl (C=O) groups is 1. The van der Waals surface area contributed by atoms with Gasteiger partial charge in [-0.15, -0.1) is 0 Å². The molecule has 2 fully saturated rings. The van der Waals surface area contributed by atoms with Gasteiger partial charge < -0.3 is 24.6 Å². The molecule has 2 aliphatic rings. The lowest BCUT2D eigenvalue weighted by Crippen LogP contribution is -2.39. The van der Waals surface area contributed by atoms with Gasteiger partial charge in [0, 0.05) is 50.4 Å². The molecule has 1 N–H and O–H groups in total. The number of nitrogens with one attached hydrogen (secondary N) is 1. The van der Waals surface area contributed by atoms with Crippen LogP contribution in [0.1, 0.15) is 63.9 Å². The van der Waals surface area contributed by atoms with Gasteiger partial charge in [0.25, 0.3) is 0 Å². The number of pyridine rings is 1. The number of aromatic nitrogens is 3. The van der Waals surface area contributed by atoms with Gasteiger partial charge in [0.1, 0.15) is 11.6 Å². The van der Waals surface area contributed by atoms with E-state index >= 15 is 0 Å². The molecule has 9 nitrogen and oxygen atoms in total. The van der Waals surface area contributed by atoms with Crippen molar-refractivity contribution in [3.8, 4) is 11.3 Å². The van der Waals surface area contributed by atoms with E-state index < -0.39 is 17.6 Å². The Morgan fingerprint density at radius 2 is 1.27 bits per heavy atom. The molecule has 0 saturated carbocycles. The minimum atomic E-state index is -4.72. The van der Waals surface area contributed by atoms with E-state index in [0.29, 0.717) is 70.8 Å². The van der Waals surface area contributed by atoms with Gasteiger partial charge in [-0.25, -0.2) is 9.97 Å². The Kier molecular flexibility index (Phi) is 17.3. The Hall–Kier alpha value is -4.55. The monoisotopic (exact) mass is 720 g/mol. The van der Waals surface area contributed by atoms with E-state index in [4.69, 9.17) is 14.5 Å². The van der Waals surface area contributed by atoms with Crippen molar-refractivity contribution < 1.29 is 27.4 Å². The quantitative estimate of drug-likeness (QED) is 0.153. The SMILES string of the molecule is CCC=CCC=CCC=CCC=CCC=CCC=CCCC(=O)Nc1cc(C(F)(F)F)c(-c2cc(N3CCOCC3)nc(N3CCOCC3)n2)cn1. The fourth-order valence-electron chi connectivity index (χ4n) is 5.44. The fourth-order valence-corrected chi connectivity index (χ4v) is 5.44. The summed E-state index contributed by atoms with van der Waals surface area (Å²) in [4.78, 5) is 29.9. The van der Waals surface area contributed by atoms with E-state index in [0.717, 1.165) is 50.8 Å². The maximum absolute atomic E-state index is 14.4. The second kappa shape index (κ2) is 22.4. The van der Waals surface area contributed by atoms with Gasteiger partial charge in [-0.1, -0.05) is 79.8 Å². The summed E-state index contributed by atoms with van der Waals surface area (Å²) in [6, 6.07) is 2.43. The molecule has 0 aromatic carbocycles. The number of hydrogen-bond acceptors (Lipinski definition) is 8. The zero-order valence-electron chi connectivity index (χ0n) is 30.1.